The lowest BCUT2D eigenvalue weighted by molar-refractivity contribution is -0.137. The van der Waals surface area contributed by atoms with Crippen LogP contribution >= 0.6 is 0 Å². The number of aromatic nitrogens is 2. The van der Waals surface area contributed by atoms with Crippen molar-refractivity contribution in [2.45, 2.75) is 31.6 Å². The van der Waals surface area contributed by atoms with Crippen LogP contribution in [0.1, 0.15) is 24.1 Å². The fraction of sp³-hybridized carbons (Fsp3) is 0.357. The normalized spacial score (nSPS) is 15.6. The Bertz CT molecular complexity index is 582. The van der Waals surface area contributed by atoms with Crippen LogP contribution in [-0.2, 0) is 12.7 Å². The summed E-state index contributed by atoms with van der Waals surface area (Å²) in [5.41, 5.74) is 1.62. The summed E-state index contributed by atoms with van der Waals surface area (Å²) in [7, 11) is 0. The molecule has 0 bridgehead atoms. The van der Waals surface area contributed by atoms with E-state index < -0.39 is 11.7 Å². The maximum Gasteiger partial charge on any atom is 0.416 e. The molecular weight excluding hydrogens is 267 g/mol. The Hall–Kier alpha value is -1.82. The van der Waals surface area contributed by atoms with E-state index in [4.69, 9.17) is 0 Å². The quantitative estimate of drug-likeness (QED) is 0.902. The maximum absolute atomic E-state index is 12.5. The van der Waals surface area contributed by atoms with Crippen molar-refractivity contribution in [3.8, 4) is 11.3 Å². The van der Waals surface area contributed by atoms with E-state index in [2.05, 4.69) is 15.5 Å². The topological polar surface area (TPSA) is 40.7 Å². The molecule has 3 rings (SSSR count). The Morgan fingerprint density at radius 1 is 1.20 bits per heavy atom. The minimum Gasteiger partial charge on any atom is -0.308 e. The second-order valence-electron chi connectivity index (χ2n) is 5.01. The van der Waals surface area contributed by atoms with E-state index in [9.17, 15) is 13.2 Å². The molecule has 0 saturated heterocycles. The van der Waals surface area contributed by atoms with E-state index in [1.165, 1.54) is 25.0 Å². The summed E-state index contributed by atoms with van der Waals surface area (Å²) in [5, 5.41) is 10.4. The first kappa shape index (κ1) is 13.2. The van der Waals surface area contributed by atoms with Crippen molar-refractivity contribution < 1.29 is 13.2 Å². The van der Waals surface area contributed by atoms with Gasteiger partial charge in [-0.15, -0.1) is 0 Å². The molecule has 1 fully saturated rings. The molecule has 0 spiro atoms. The van der Waals surface area contributed by atoms with Crippen LogP contribution in [0.5, 0.6) is 0 Å². The fourth-order valence-corrected chi connectivity index (χ4v) is 1.97. The zero-order valence-electron chi connectivity index (χ0n) is 10.7. The highest BCUT2D eigenvalue weighted by molar-refractivity contribution is 5.59. The molecule has 0 amide bonds. The van der Waals surface area contributed by atoms with Crippen molar-refractivity contribution >= 4 is 0 Å². The summed E-state index contributed by atoms with van der Waals surface area (Å²) in [6.45, 7) is 0.707. The summed E-state index contributed by atoms with van der Waals surface area (Å²) in [6.07, 6.45) is -1.89. The van der Waals surface area contributed by atoms with Gasteiger partial charge in [0.15, 0.2) is 0 Å². The molecule has 0 unspecified atom stereocenters. The number of rotatable bonds is 4. The Morgan fingerprint density at radius 2 is 1.90 bits per heavy atom. The Balaban J connectivity index is 1.71. The molecule has 0 radical (unpaired) electrons. The minimum atomic E-state index is -4.30. The van der Waals surface area contributed by atoms with E-state index in [-0.39, 0.29) is 0 Å². The number of nitrogens with one attached hydrogen (secondary N) is 2. The van der Waals surface area contributed by atoms with Gasteiger partial charge in [-0.25, -0.2) is 0 Å². The van der Waals surface area contributed by atoms with Crippen LogP contribution in [0.2, 0.25) is 0 Å². The SMILES string of the molecule is FC(F)(F)c1ccc(-c2cc(CNC3CC3)[nH]n2)cc1. The standard InChI is InChI=1S/C14H14F3N3/c15-14(16,17)10-3-1-9(2-4-10)13-7-12(19-20-13)8-18-11-5-6-11/h1-4,7,11,18H,5-6,8H2,(H,19,20). The van der Waals surface area contributed by atoms with Gasteiger partial charge in [0.05, 0.1) is 11.3 Å². The lowest BCUT2D eigenvalue weighted by Crippen LogP contribution is -2.15. The van der Waals surface area contributed by atoms with Gasteiger partial charge in [-0.05, 0) is 31.0 Å². The second-order valence-corrected chi connectivity index (χ2v) is 5.01. The second kappa shape index (κ2) is 4.94. The Morgan fingerprint density at radius 3 is 2.50 bits per heavy atom. The molecule has 1 aromatic heterocycles. The predicted octanol–water partition coefficient (Wildman–Crippen LogP) is 3.35. The summed E-state index contributed by atoms with van der Waals surface area (Å²) >= 11 is 0. The molecule has 1 saturated carbocycles. The molecule has 6 heteroatoms. The third kappa shape index (κ3) is 3.01. The predicted molar refractivity (Wildman–Crippen MR) is 68.9 cm³/mol. The third-order valence-electron chi connectivity index (χ3n) is 3.30. The Kier molecular flexibility index (Phi) is 3.25. The molecule has 20 heavy (non-hydrogen) atoms. The van der Waals surface area contributed by atoms with Gasteiger partial charge in [-0.1, -0.05) is 12.1 Å². The molecule has 1 aliphatic carbocycles. The van der Waals surface area contributed by atoms with Crippen molar-refractivity contribution in [3.05, 3.63) is 41.6 Å². The van der Waals surface area contributed by atoms with Crippen LogP contribution in [0.15, 0.2) is 30.3 Å². The number of aromatic amines is 1. The maximum atomic E-state index is 12.5. The number of benzene rings is 1. The smallest absolute Gasteiger partial charge is 0.308 e. The van der Waals surface area contributed by atoms with Crippen LogP contribution < -0.4 is 5.32 Å². The van der Waals surface area contributed by atoms with E-state index in [1.807, 2.05) is 6.07 Å². The molecule has 2 N–H and O–H groups in total. The van der Waals surface area contributed by atoms with Gasteiger partial charge in [0.1, 0.15) is 0 Å². The van der Waals surface area contributed by atoms with Gasteiger partial charge in [0, 0.05) is 23.8 Å². The number of hydrogen-bond donors (Lipinski definition) is 2. The van der Waals surface area contributed by atoms with Gasteiger partial charge < -0.3 is 5.32 Å². The highest BCUT2D eigenvalue weighted by atomic mass is 19.4. The van der Waals surface area contributed by atoms with Crippen molar-refractivity contribution in [1.29, 1.82) is 0 Å². The first-order chi connectivity index (χ1) is 9.52. The van der Waals surface area contributed by atoms with Crippen molar-refractivity contribution in [2.75, 3.05) is 0 Å². The van der Waals surface area contributed by atoms with Crippen molar-refractivity contribution in [1.82, 2.24) is 15.5 Å². The summed E-state index contributed by atoms with van der Waals surface area (Å²) < 4.78 is 37.4. The van der Waals surface area contributed by atoms with Gasteiger partial charge in [0.25, 0.3) is 0 Å². The zero-order chi connectivity index (χ0) is 14.2. The van der Waals surface area contributed by atoms with E-state index in [0.717, 1.165) is 17.8 Å². The molecule has 1 aliphatic rings. The number of halogens is 3. The average Bonchev–Trinajstić information content (AvgIpc) is 3.13. The van der Waals surface area contributed by atoms with E-state index >= 15 is 0 Å². The largest absolute Gasteiger partial charge is 0.416 e. The summed E-state index contributed by atoms with van der Waals surface area (Å²) in [6, 6.07) is 7.50. The number of hydrogen-bond acceptors (Lipinski definition) is 2. The van der Waals surface area contributed by atoms with E-state index in [1.54, 1.807) is 0 Å². The van der Waals surface area contributed by atoms with Gasteiger partial charge in [0.2, 0.25) is 0 Å². The monoisotopic (exact) mass is 281 g/mol. The summed E-state index contributed by atoms with van der Waals surface area (Å²) in [4.78, 5) is 0. The zero-order valence-corrected chi connectivity index (χ0v) is 10.7. The van der Waals surface area contributed by atoms with E-state index in [0.29, 0.717) is 23.8 Å². The number of nitrogens with zero attached hydrogens (tertiary/aromatic N) is 1. The fourth-order valence-electron chi connectivity index (χ4n) is 1.97. The van der Waals surface area contributed by atoms with Crippen LogP contribution in [0.3, 0.4) is 0 Å². The molecule has 1 heterocycles. The molecule has 3 nitrogen and oxygen atoms in total. The first-order valence-corrected chi connectivity index (χ1v) is 6.48. The molecular formula is C14H14F3N3. The highest BCUT2D eigenvalue weighted by Crippen LogP contribution is 2.30. The van der Waals surface area contributed by atoms with Crippen molar-refractivity contribution in [3.63, 3.8) is 0 Å². The lowest BCUT2D eigenvalue weighted by atomic mass is 10.1. The van der Waals surface area contributed by atoms with Gasteiger partial charge in [-0.3, -0.25) is 5.10 Å². The van der Waals surface area contributed by atoms with Crippen molar-refractivity contribution in [2.24, 2.45) is 0 Å². The van der Waals surface area contributed by atoms with Gasteiger partial charge >= 0.3 is 6.18 Å². The minimum absolute atomic E-state index is 0.604. The molecule has 0 atom stereocenters. The number of H-pyrrole nitrogens is 1. The average molecular weight is 281 g/mol. The molecule has 106 valence electrons. The van der Waals surface area contributed by atoms with Crippen LogP contribution in [0, 0.1) is 0 Å². The van der Waals surface area contributed by atoms with Gasteiger partial charge in [-0.2, -0.15) is 18.3 Å². The first-order valence-electron chi connectivity index (χ1n) is 6.48. The third-order valence-corrected chi connectivity index (χ3v) is 3.30. The molecule has 1 aromatic carbocycles. The lowest BCUT2D eigenvalue weighted by Gasteiger charge is -2.06. The molecule has 2 aromatic rings. The van der Waals surface area contributed by atoms with Crippen LogP contribution in [0.4, 0.5) is 13.2 Å². The van der Waals surface area contributed by atoms with Crippen LogP contribution in [-0.4, -0.2) is 16.2 Å². The Labute approximate surface area is 114 Å². The van der Waals surface area contributed by atoms with Crippen LogP contribution in [0.25, 0.3) is 11.3 Å². The highest BCUT2D eigenvalue weighted by Gasteiger charge is 2.30. The summed E-state index contributed by atoms with van der Waals surface area (Å²) in [5.74, 6) is 0. The molecule has 0 aliphatic heterocycles. The number of alkyl halides is 3.